The smallest absolute Gasteiger partial charge is 0.119 e. The lowest BCUT2D eigenvalue weighted by Gasteiger charge is -2.10. The van der Waals surface area contributed by atoms with Gasteiger partial charge in [0.25, 0.3) is 0 Å². The van der Waals surface area contributed by atoms with E-state index in [4.69, 9.17) is 10.00 Å². The van der Waals surface area contributed by atoms with Crippen molar-refractivity contribution in [3.63, 3.8) is 0 Å². The second-order valence-corrected chi connectivity index (χ2v) is 7.47. The SMILES string of the molecule is N#Cc1cccc(COc2ccc(C3SCCS3)cc2)c1. The summed E-state index contributed by atoms with van der Waals surface area (Å²) >= 11 is 4.01. The van der Waals surface area contributed by atoms with Gasteiger partial charge in [0.1, 0.15) is 12.4 Å². The van der Waals surface area contributed by atoms with Crippen molar-refractivity contribution in [1.29, 1.82) is 5.26 Å². The van der Waals surface area contributed by atoms with Crippen molar-refractivity contribution in [3.05, 3.63) is 65.2 Å². The molecule has 21 heavy (non-hydrogen) atoms. The maximum absolute atomic E-state index is 8.89. The third kappa shape index (κ3) is 3.75. The van der Waals surface area contributed by atoms with Crippen LogP contribution in [0.2, 0.25) is 0 Å². The molecule has 2 aromatic carbocycles. The molecule has 1 heterocycles. The molecule has 0 radical (unpaired) electrons. The Balaban J connectivity index is 1.61. The topological polar surface area (TPSA) is 33.0 Å². The zero-order chi connectivity index (χ0) is 14.5. The van der Waals surface area contributed by atoms with Gasteiger partial charge in [0, 0.05) is 11.5 Å². The Morgan fingerprint density at radius 3 is 2.57 bits per heavy atom. The van der Waals surface area contributed by atoms with Gasteiger partial charge in [-0.05, 0) is 35.4 Å². The molecule has 0 spiro atoms. The van der Waals surface area contributed by atoms with Gasteiger partial charge in [0.05, 0.1) is 16.2 Å². The van der Waals surface area contributed by atoms with E-state index < -0.39 is 0 Å². The van der Waals surface area contributed by atoms with Gasteiger partial charge in [-0.2, -0.15) is 5.26 Å². The minimum absolute atomic E-state index is 0.488. The van der Waals surface area contributed by atoms with E-state index in [-0.39, 0.29) is 0 Å². The highest BCUT2D eigenvalue weighted by molar-refractivity contribution is 8.19. The highest BCUT2D eigenvalue weighted by atomic mass is 32.2. The van der Waals surface area contributed by atoms with E-state index in [0.717, 1.165) is 11.3 Å². The second kappa shape index (κ2) is 6.93. The molecular weight excluding hydrogens is 298 g/mol. The predicted molar refractivity (Wildman–Crippen MR) is 89.6 cm³/mol. The average Bonchev–Trinajstić information content (AvgIpc) is 3.08. The maximum Gasteiger partial charge on any atom is 0.119 e. The quantitative estimate of drug-likeness (QED) is 0.825. The first kappa shape index (κ1) is 14.4. The van der Waals surface area contributed by atoms with E-state index in [1.807, 2.05) is 53.9 Å². The summed E-state index contributed by atoms with van der Waals surface area (Å²) < 4.78 is 6.36. The first-order valence-electron chi connectivity index (χ1n) is 6.80. The van der Waals surface area contributed by atoms with Crippen LogP contribution in [0, 0.1) is 11.3 Å². The summed E-state index contributed by atoms with van der Waals surface area (Å²) in [6, 6.07) is 18.0. The monoisotopic (exact) mass is 313 g/mol. The average molecular weight is 313 g/mol. The molecule has 1 fully saturated rings. The summed E-state index contributed by atoms with van der Waals surface area (Å²) in [5.74, 6) is 3.35. The summed E-state index contributed by atoms with van der Waals surface area (Å²) in [5, 5.41) is 8.89. The van der Waals surface area contributed by atoms with Crippen molar-refractivity contribution in [2.45, 2.75) is 11.2 Å². The summed E-state index contributed by atoms with van der Waals surface area (Å²) in [4.78, 5) is 0. The number of rotatable bonds is 4. The Bertz CT molecular complexity index is 643. The Kier molecular flexibility index (Phi) is 4.74. The predicted octanol–water partition coefficient (Wildman–Crippen LogP) is 4.62. The molecule has 1 aliphatic heterocycles. The number of hydrogen-bond acceptors (Lipinski definition) is 4. The Morgan fingerprint density at radius 1 is 1.10 bits per heavy atom. The van der Waals surface area contributed by atoms with Crippen LogP contribution in [-0.4, -0.2) is 11.5 Å². The zero-order valence-electron chi connectivity index (χ0n) is 11.5. The number of nitriles is 1. The Morgan fingerprint density at radius 2 is 1.86 bits per heavy atom. The van der Waals surface area contributed by atoms with E-state index in [9.17, 15) is 0 Å². The van der Waals surface area contributed by atoms with E-state index in [1.54, 1.807) is 6.07 Å². The second-order valence-electron chi connectivity index (χ2n) is 4.74. The molecule has 0 saturated carbocycles. The molecular formula is C17H15NOS2. The molecule has 0 aliphatic carbocycles. The van der Waals surface area contributed by atoms with Crippen LogP contribution in [0.3, 0.4) is 0 Å². The van der Waals surface area contributed by atoms with Gasteiger partial charge in [-0.1, -0.05) is 24.3 Å². The van der Waals surface area contributed by atoms with Gasteiger partial charge in [0.15, 0.2) is 0 Å². The van der Waals surface area contributed by atoms with Gasteiger partial charge < -0.3 is 4.74 Å². The third-order valence-corrected chi connectivity index (χ3v) is 6.34. The highest BCUT2D eigenvalue weighted by Crippen LogP contribution is 2.45. The molecule has 106 valence electrons. The molecule has 2 aromatic rings. The van der Waals surface area contributed by atoms with Crippen LogP contribution in [0.4, 0.5) is 0 Å². The fraction of sp³-hybridized carbons (Fsp3) is 0.235. The lowest BCUT2D eigenvalue weighted by Crippen LogP contribution is -1.96. The lowest BCUT2D eigenvalue weighted by molar-refractivity contribution is 0.306. The number of ether oxygens (including phenoxy) is 1. The molecule has 1 aliphatic rings. The summed E-state index contributed by atoms with van der Waals surface area (Å²) in [6.45, 7) is 0.488. The lowest BCUT2D eigenvalue weighted by atomic mass is 10.1. The van der Waals surface area contributed by atoms with E-state index >= 15 is 0 Å². The fourth-order valence-electron chi connectivity index (χ4n) is 2.17. The number of hydrogen-bond donors (Lipinski definition) is 0. The van der Waals surface area contributed by atoms with Gasteiger partial charge in [-0.15, -0.1) is 23.5 Å². The van der Waals surface area contributed by atoms with Crippen LogP contribution in [-0.2, 0) is 6.61 Å². The molecule has 4 heteroatoms. The van der Waals surface area contributed by atoms with Crippen molar-refractivity contribution in [2.75, 3.05) is 11.5 Å². The zero-order valence-corrected chi connectivity index (χ0v) is 13.1. The minimum Gasteiger partial charge on any atom is -0.489 e. The summed E-state index contributed by atoms with van der Waals surface area (Å²) in [6.07, 6.45) is 0. The largest absolute Gasteiger partial charge is 0.489 e. The van der Waals surface area contributed by atoms with Gasteiger partial charge in [-0.25, -0.2) is 0 Å². The molecule has 1 saturated heterocycles. The standard InChI is InChI=1S/C17H15NOS2/c18-11-13-2-1-3-14(10-13)12-19-16-6-4-15(5-7-16)17-20-8-9-21-17/h1-7,10,17H,8-9,12H2. The van der Waals surface area contributed by atoms with E-state index in [2.05, 4.69) is 18.2 Å². The first-order chi connectivity index (χ1) is 10.3. The summed E-state index contributed by atoms with van der Waals surface area (Å²) in [7, 11) is 0. The summed E-state index contributed by atoms with van der Waals surface area (Å²) in [5.41, 5.74) is 3.04. The number of benzene rings is 2. The normalized spacial score (nSPS) is 14.8. The first-order valence-corrected chi connectivity index (χ1v) is 8.90. The molecule has 2 nitrogen and oxygen atoms in total. The molecule has 0 atom stereocenters. The molecule has 0 bridgehead atoms. The van der Waals surface area contributed by atoms with Crippen molar-refractivity contribution in [1.82, 2.24) is 0 Å². The minimum atomic E-state index is 0.488. The van der Waals surface area contributed by atoms with Gasteiger partial charge >= 0.3 is 0 Å². The van der Waals surface area contributed by atoms with Crippen molar-refractivity contribution >= 4 is 23.5 Å². The molecule has 0 amide bonds. The Labute approximate surface area is 133 Å². The van der Waals surface area contributed by atoms with Crippen LogP contribution in [0.25, 0.3) is 0 Å². The van der Waals surface area contributed by atoms with Crippen LogP contribution in [0.15, 0.2) is 48.5 Å². The maximum atomic E-state index is 8.89. The van der Waals surface area contributed by atoms with E-state index in [0.29, 0.717) is 16.8 Å². The fourth-order valence-corrected chi connectivity index (χ4v) is 5.03. The molecule has 3 rings (SSSR count). The molecule has 0 N–H and O–H groups in total. The van der Waals surface area contributed by atoms with Crippen LogP contribution in [0.5, 0.6) is 5.75 Å². The highest BCUT2D eigenvalue weighted by Gasteiger charge is 2.17. The number of nitrogens with zero attached hydrogens (tertiary/aromatic N) is 1. The molecule has 0 aromatic heterocycles. The van der Waals surface area contributed by atoms with Crippen molar-refractivity contribution in [2.24, 2.45) is 0 Å². The van der Waals surface area contributed by atoms with Crippen LogP contribution in [0.1, 0.15) is 21.3 Å². The van der Waals surface area contributed by atoms with E-state index in [1.165, 1.54) is 17.1 Å². The van der Waals surface area contributed by atoms with Crippen molar-refractivity contribution < 1.29 is 4.74 Å². The van der Waals surface area contributed by atoms with Gasteiger partial charge in [0.2, 0.25) is 0 Å². The third-order valence-electron chi connectivity index (χ3n) is 3.24. The molecule has 0 unspecified atom stereocenters. The van der Waals surface area contributed by atoms with Crippen LogP contribution < -0.4 is 4.74 Å². The number of thioether (sulfide) groups is 2. The Hall–Kier alpha value is -1.57. The van der Waals surface area contributed by atoms with Crippen molar-refractivity contribution in [3.8, 4) is 11.8 Å². The van der Waals surface area contributed by atoms with Crippen LogP contribution >= 0.6 is 23.5 Å². The van der Waals surface area contributed by atoms with Gasteiger partial charge in [-0.3, -0.25) is 0 Å².